The number of nitrogens with zero attached hydrogens (tertiary/aromatic N) is 2. The average molecular weight is 330 g/mol. The van der Waals surface area contributed by atoms with Crippen molar-refractivity contribution in [3.8, 4) is 0 Å². The second kappa shape index (κ2) is 8.19. The Morgan fingerprint density at radius 1 is 1.30 bits per heavy atom. The molecule has 2 amide bonds. The van der Waals surface area contributed by atoms with E-state index in [1.165, 1.54) is 17.4 Å². The zero-order chi connectivity index (χ0) is 16.7. The molecule has 2 aromatic rings. The van der Waals surface area contributed by atoms with Crippen molar-refractivity contribution in [1.29, 1.82) is 0 Å². The molecule has 0 radical (unpaired) electrons. The van der Waals surface area contributed by atoms with Crippen molar-refractivity contribution in [1.82, 2.24) is 15.3 Å². The van der Waals surface area contributed by atoms with E-state index >= 15 is 0 Å². The van der Waals surface area contributed by atoms with Crippen molar-refractivity contribution in [2.75, 3.05) is 11.9 Å². The number of hydrogen-bond donors (Lipinski definition) is 2. The van der Waals surface area contributed by atoms with Crippen LogP contribution in [0.4, 0.5) is 5.82 Å². The molecule has 2 aromatic heterocycles. The van der Waals surface area contributed by atoms with Crippen LogP contribution in [-0.2, 0) is 9.59 Å². The predicted molar refractivity (Wildman–Crippen MR) is 91.1 cm³/mol. The normalized spacial score (nSPS) is 10.7. The SMILES string of the molecule is Cc1ccc(NC(=O)CCNC(=O)/C=C/c2csc(C)n2)nc1. The van der Waals surface area contributed by atoms with Gasteiger partial charge in [0.05, 0.1) is 10.7 Å². The van der Waals surface area contributed by atoms with Gasteiger partial charge in [-0.25, -0.2) is 9.97 Å². The highest BCUT2D eigenvalue weighted by Gasteiger charge is 2.04. The van der Waals surface area contributed by atoms with Crippen molar-refractivity contribution in [3.05, 3.63) is 46.1 Å². The summed E-state index contributed by atoms with van der Waals surface area (Å²) in [5.74, 6) is 0.0587. The largest absolute Gasteiger partial charge is 0.352 e. The molecule has 0 aromatic carbocycles. The molecule has 0 aliphatic rings. The standard InChI is InChI=1S/C16H18N4O2S/c1-11-3-5-14(18-9-11)20-16(22)7-8-17-15(21)6-4-13-10-23-12(2)19-13/h3-6,9-10H,7-8H2,1-2H3,(H,17,21)(H,18,20,22)/b6-4+. The van der Waals surface area contributed by atoms with Crippen molar-refractivity contribution in [2.24, 2.45) is 0 Å². The zero-order valence-electron chi connectivity index (χ0n) is 13.0. The molecule has 2 rings (SSSR count). The topological polar surface area (TPSA) is 84.0 Å². The van der Waals surface area contributed by atoms with Gasteiger partial charge in [0.15, 0.2) is 0 Å². The number of aryl methyl sites for hydroxylation is 2. The van der Waals surface area contributed by atoms with Gasteiger partial charge in [-0.2, -0.15) is 0 Å². The third-order valence-electron chi connectivity index (χ3n) is 2.87. The first-order valence-electron chi connectivity index (χ1n) is 7.13. The Hall–Kier alpha value is -2.54. The number of pyridine rings is 1. The molecule has 6 nitrogen and oxygen atoms in total. The number of nitrogens with one attached hydrogen (secondary N) is 2. The summed E-state index contributed by atoms with van der Waals surface area (Å²) >= 11 is 1.53. The first-order valence-corrected chi connectivity index (χ1v) is 8.01. The van der Waals surface area contributed by atoms with Crippen molar-refractivity contribution < 1.29 is 9.59 Å². The van der Waals surface area contributed by atoms with Crippen LogP contribution in [0.1, 0.15) is 22.7 Å². The minimum absolute atomic E-state index is 0.185. The van der Waals surface area contributed by atoms with Gasteiger partial charge in [0.2, 0.25) is 11.8 Å². The molecule has 0 atom stereocenters. The van der Waals surface area contributed by atoms with Crippen LogP contribution in [0.3, 0.4) is 0 Å². The molecular formula is C16H18N4O2S. The fraction of sp³-hybridized carbons (Fsp3) is 0.250. The summed E-state index contributed by atoms with van der Waals surface area (Å²) in [5, 5.41) is 8.16. The number of carbonyl (C=O) groups is 2. The Labute approximate surface area is 138 Å². The summed E-state index contributed by atoms with van der Waals surface area (Å²) in [6, 6.07) is 3.61. The minimum atomic E-state index is -0.253. The van der Waals surface area contributed by atoms with Gasteiger partial charge >= 0.3 is 0 Å². The molecule has 0 aliphatic heterocycles. The third-order valence-corrected chi connectivity index (χ3v) is 3.66. The molecule has 0 spiro atoms. The number of aromatic nitrogens is 2. The number of amides is 2. The number of thiazole rings is 1. The summed E-state index contributed by atoms with van der Waals surface area (Å²) < 4.78 is 0. The van der Waals surface area contributed by atoms with E-state index in [9.17, 15) is 9.59 Å². The molecule has 0 saturated heterocycles. The smallest absolute Gasteiger partial charge is 0.244 e. The van der Waals surface area contributed by atoms with E-state index < -0.39 is 0 Å². The van der Waals surface area contributed by atoms with Gasteiger partial charge in [-0.1, -0.05) is 6.07 Å². The van der Waals surface area contributed by atoms with Crippen LogP contribution < -0.4 is 10.6 Å². The molecule has 0 unspecified atom stereocenters. The van der Waals surface area contributed by atoms with Gasteiger partial charge in [0, 0.05) is 30.6 Å². The Bertz CT molecular complexity index is 707. The van der Waals surface area contributed by atoms with Gasteiger partial charge in [-0.05, 0) is 31.6 Å². The number of anilines is 1. The third kappa shape index (κ3) is 5.99. The summed E-state index contributed by atoms with van der Waals surface area (Å²) in [7, 11) is 0. The fourth-order valence-corrected chi connectivity index (χ4v) is 2.30. The van der Waals surface area contributed by atoms with Crippen LogP contribution in [0.5, 0.6) is 0 Å². The van der Waals surface area contributed by atoms with Crippen LogP contribution in [-0.4, -0.2) is 28.3 Å². The van der Waals surface area contributed by atoms with Crippen molar-refractivity contribution in [3.63, 3.8) is 0 Å². The van der Waals surface area contributed by atoms with E-state index in [-0.39, 0.29) is 24.8 Å². The maximum Gasteiger partial charge on any atom is 0.244 e. The molecule has 0 aliphatic carbocycles. The van der Waals surface area contributed by atoms with Gasteiger partial charge in [0.25, 0.3) is 0 Å². The predicted octanol–water partition coefficient (Wildman–Crippen LogP) is 2.31. The van der Waals surface area contributed by atoms with E-state index in [1.54, 1.807) is 18.3 Å². The van der Waals surface area contributed by atoms with E-state index in [2.05, 4.69) is 20.6 Å². The van der Waals surface area contributed by atoms with E-state index in [1.807, 2.05) is 25.3 Å². The summed E-state index contributed by atoms with van der Waals surface area (Å²) in [6.07, 6.45) is 4.93. The van der Waals surface area contributed by atoms with Gasteiger partial charge in [-0.15, -0.1) is 11.3 Å². The first-order chi connectivity index (χ1) is 11.0. The quantitative estimate of drug-likeness (QED) is 0.796. The molecule has 120 valence electrons. The minimum Gasteiger partial charge on any atom is -0.352 e. The number of carbonyl (C=O) groups excluding carboxylic acids is 2. The molecule has 23 heavy (non-hydrogen) atoms. The maximum absolute atomic E-state index is 11.7. The molecular weight excluding hydrogens is 312 g/mol. The maximum atomic E-state index is 11.7. The molecule has 2 heterocycles. The van der Waals surface area contributed by atoms with Crippen LogP contribution in [0, 0.1) is 13.8 Å². The van der Waals surface area contributed by atoms with Crippen LogP contribution in [0.25, 0.3) is 6.08 Å². The van der Waals surface area contributed by atoms with Gasteiger partial charge < -0.3 is 10.6 Å². The van der Waals surface area contributed by atoms with Gasteiger partial charge in [-0.3, -0.25) is 9.59 Å². The lowest BCUT2D eigenvalue weighted by atomic mass is 10.3. The molecule has 0 saturated carbocycles. The first kappa shape index (κ1) is 16.8. The van der Waals surface area contributed by atoms with Crippen LogP contribution in [0.2, 0.25) is 0 Å². The molecule has 7 heteroatoms. The lowest BCUT2D eigenvalue weighted by molar-refractivity contribution is -0.117. The monoisotopic (exact) mass is 330 g/mol. The molecule has 2 N–H and O–H groups in total. The lowest BCUT2D eigenvalue weighted by Gasteiger charge is -2.05. The average Bonchev–Trinajstić information content (AvgIpc) is 2.93. The van der Waals surface area contributed by atoms with E-state index in [0.29, 0.717) is 5.82 Å². The summed E-state index contributed by atoms with van der Waals surface area (Å²) in [6.45, 7) is 4.09. The second-order valence-corrected chi connectivity index (χ2v) is 6.00. The van der Waals surface area contributed by atoms with Gasteiger partial charge in [0.1, 0.15) is 5.82 Å². The van der Waals surface area contributed by atoms with E-state index in [4.69, 9.17) is 0 Å². The fourth-order valence-electron chi connectivity index (χ4n) is 1.72. The van der Waals surface area contributed by atoms with E-state index in [0.717, 1.165) is 16.3 Å². The van der Waals surface area contributed by atoms with Crippen molar-refractivity contribution >= 4 is 35.0 Å². The summed E-state index contributed by atoms with van der Waals surface area (Å²) in [5.41, 5.74) is 1.78. The van der Waals surface area contributed by atoms with Crippen molar-refractivity contribution in [2.45, 2.75) is 20.3 Å². The Morgan fingerprint density at radius 3 is 2.78 bits per heavy atom. The Morgan fingerprint density at radius 2 is 2.13 bits per heavy atom. The number of hydrogen-bond acceptors (Lipinski definition) is 5. The highest BCUT2D eigenvalue weighted by Crippen LogP contribution is 2.09. The Kier molecular flexibility index (Phi) is 5.99. The Balaban J connectivity index is 1.69. The van der Waals surface area contributed by atoms with Crippen LogP contribution >= 0.6 is 11.3 Å². The van der Waals surface area contributed by atoms with Crippen LogP contribution in [0.15, 0.2) is 29.8 Å². The second-order valence-electron chi connectivity index (χ2n) is 4.93. The molecule has 0 fully saturated rings. The number of rotatable bonds is 6. The highest BCUT2D eigenvalue weighted by atomic mass is 32.1. The summed E-state index contributed by atoms with van der Waals surface area (Å²) in [4.78, 5) is 31.7. The highest BCUT2D eigenvalue weighted by molar-refractivity contribution is 7.09. The molecule has 0 bridgehead atoms. The zero-order valence-corrected chi connectivity index (χ0v) is 13.8. The lowest BCUT2D eigenvalue weighted by Crippen LogP contribution is -2.26.